The maximum atomic E-state index is 11.8. The second kappa shape index (κ2) is 8.61. The van der Waals surface area contributed by atoms with Crippen LogP contribution in [0.1, 0.15) is 44.6 Å². The van der Waals surface area contributed by atoms with Crippen molar-refractivity contribution in [1.29, 1.82) is 0 Å². The number of aryl methyl sites for hydroxylation is 1. The molecule has 1 aliphatic heterocycles. The molecule has 4 heteroatoms. The number of carbonyl (C=O) groups is 1. The molecule has 1 amide bonds. The number of nitrogen functional groups attached to an aromatic ring is 1. The maximum absolute atomic E-state index is 11.8. The van der Waals surface area contributed by atoms with Crippen LogP contribution in [0.15, 0.2) is 36.6 Å². The molecule has 1 aromatic rings. The normalized spacial score (nSPS) is 15.4. The van der Waals surface area contributed by atoms with Crippen LogP contribution < -0.4 is 5.73 Å². The van der Waals surface area contributed by atoms with Crippen molar-refractivity contribution >= 4 is 11.8 Å². The van der Waals surface area contributed by atoms with Crippen molar-refractivity contribution < 1.29 is 9.53 Å². The Kier molecular flexibility index (Phi) is 6.51. The van der Waals surface area contributed by atoms with E-state index in [2.05, 4.69) is 18.7 Å². The highest BCUT2D eigenvalue weighted by molar-refractivity contribution is 5.68. The Morgan fingerprint density at radius 3 is 2.52 bits per heavy atom. The van der Waals surface area contributed by atoms with Gasteiger partial charge in [-0.2, -0.15) is 0 Å². The molecule has 0 unspecified atom stereocenters. The topological polar surface area (TPSA) is 55.6 Å². The van der Waals surface area contributed by atoms with Gasteiger partial charge < -0.3 is 15.4 Å². The number of hydrogen-bond donors (Lipinski definition) is 1. The van der Waals surface area contributed by atoms with Crippen molar-refractivity contribution in [2.24, 2.45) is 5.92 Å². The molecule has 126 valence electrons. The lowest BCUT2D eigenvalue weighted by atomic mass is 9.91. The number of likely N-dealkylation sites (tertiary alicyclic amines) is 1. The molecule has 1 saturated heterocycles. The second-order valence-electron chi connectivity index (χ2n) is 6.49. The number of nitrogens with zero attached hydrogens (tertiary/aromatic N) is 1. The minimum atomic E-state index is -0.251. The molecular formula is C19H28N2O2. The third kappa shape index (κ3) is 5.97. The average molecular weight is 316 g/mol. The number of benzene rings is 1. The van der Waals surface area contributed by atoms with Gasteiger partial charge in [0.25, 0.3) is 0 Å². The van der Waals surface area contributed by atoms with Gasteiger partial charge in [0.15, 0.2) is 0 Å². The summed E-state index contributed by atoms with van der Waals surface area (Å²) < 4.78 is 5.06. The zero-order valence-electron chi connectivity index (χ0n) is 14.1. The Labute approximate surface area is 139 Å². The number of rotatable bonds is 6. The molecule has 23 heavy (non-hydrogen) atoms. The van der Waals surface area contributed by atoms with Gasteiger partial charge >= 0.3 is 6.09 Å². The van der Waals surface area contributed by atoms with Crippen molar-refractivity contribution in [3.8, 4) is 0 Å². The van der Waals surface area contributed by atoms with Crippen molar-refractivity contribution in [3.63, 3.8) is 0 Å². The molecule has 0 bridgehead atoms. The minimum absolute atomic E-state index is 0.251. The van der Waals surface area contributed by atoms with Gasteiger partial charge in [0.1, 0.15) is 0 Å². The van der Waals surface area contributed by atoms with Crippen LogP contribution in [0.3, 0.4) is 0 Å². The molecule has 0 radical (unpaired) electrons. The van der Waals surface area contributed by atoms with Crippen molar-refractivity contribution in [2.75, 3.05) is 18.8 Å². The highest BCUT2D eigenvalue weighted by Gasteiger charge is 2.23. The summed E-state index contributed by atoms with van der Waals surface area (Å²) in [4.78, 5) is 13.6. The molecule has 1 aromatic carbocycles. The van der Waals surface area contributed by atoms with E-state index in [1.807, 2.05) is 12.1 Å². The molecular weight excluding hydrogens is 288 g/mol. The van der Waals surface area contributed by atoms with Crippen LogP contribution in [0, 0.1) is 5.92 Å². The van der Waals surface area contributed by atoms with Gasteiger partial charge in [-0.05, 0) is 56.2 Å². The van der Waals surface area contributed by atoms with Gasteiger partial charge in [-0.25, -0.2) is 4.79 Å². The second-order valence-corrected chi connectivity index (χ2v) is 6.49. The Morgan fingerprint density at radius 2 is 1.91 bits per heavy atom. The Morgan fingerprint density at radius 1 is 1.26 bits per heavy atom. The summed E-state index contributed by atoms with van der Waals surface area (Å²) >= 11 is 0. The number of ether oxygens (including phenoxy) is 1. The van der Waals surface area contributed by atoms with E-state index >= 15 is 0 Å². The predicted octanol–water partition coefficient (Wildman–Crippen LogP) is 4.36. The van der Waals surface area contributed by atoms with Crippen LogP contribution in [0.25, 0.3) is 0 Å². The molecule has 1 aliphatic rings. The highest BCUT2D eigenvalue weighted by Crippen LogP contribution is 2.23. The molecule has 0 spiro atoms. The first kappa shape index (κ1) is 17.4. The van der Waals surface area contributed by atoms with Gasteiger partial charge in [0.2, 0.25) is 0 Å². The van der Waals surface area contributed by atoms with E-state index < -0.39 is 0 Å². The molecule has 0 aromatic heterocycles. The van der Waals surface area contributed by atoms with Crippen LogP contribution in [0.2, 0.25) is 0 Å². The van der Waals surface area contributed by atoms with E-state index in [9.17, 15) is 4.79 Å². The molecule has 2 rings (SSSR count). The van der Waals surface area contributed by atoms with E-state index in [-0.39, 0.29) is 6.09 Å². The zero-order valence-corrected chi connectivity index (χ0v) is 14.1. The van der Waals surface area contributed by atoms with Crippen LogP contribution >= 0.6 is 0 Å². The number of unbranched alkanes of at least 4 members (excludes halogenated alkanes) is 1. The summed E-state index contributed by atoms with van der Waals surface area (Å²) in [6, 6.07) is 8.16. The summed E-state index contributed by atoms with van der Waals surface area (Å²) in [5.74, 6) is 1.19. The van der Waals surface area contributed by atoms with E-state index in [0.29, 0.717) is 5.76 Å². The third-order valence-electron chi connectivity index (χ3n) is 4.44. The molecule has 2 N–H and O–H groups in total. The molecule has 4 nitrogen and oxygen atoms in total. The number of nitrogens with two attached hydrogens (primary N) is 1. The van der Waals surface area contributed by atoms with E-state index in [4.69, 9.17) is 10.5 Å². The predicted molar refractivity (Wildman–Crippen MR) is 94.0 cm³/mol. The lowest BCUT2D eigenvalue weighted by Crippen LogP contribution is -2.38. The zero-order chi connectivity index (χ0) is 16.7. The molecule has 0 aliphatic carbocycles. The largest absolute Gasteiger partial charge is 0.416 e. The molecule has 1 heterocycles. The summed E-state index contributed by atoms with van der Waals surface area (Å²) in [6.07, 6.45) is 6.72. The number of amides is 1. The lowest BCUT2D eigenvalue weighted by Gasteiger charge is -2.31. The summed E-state index contributed by atoms with van der Waals surface area (Å²) in [6.45, 7) is 6.91. The van der Waals surface area contributed by atoms with E-state index in [1.54, 1.807) is 11.8 Å². The van der Waals surface area contributed by atoms with Gasteiger partial charge in [-0.15, -0.1) is 0 Å². The van der Waals surface area contributed by atoms with Gasteiger partial charge in [-0.3, -0.25) is 0 Å². The number of piperidine rings is 1. The average Bonchev–Trinajstić information content (AvgIpc) is 2.53. The van der Waals surface area contributed by atoms with Crippen LogP contribution in [-0.2, 0) is 11.2 Å². The SMILES string of the molecule is C=C(C)OC(=O)N1CCC(CCCCc2ccc(N)cc2)CC1. The number of anilines is 1. The highest BCUT2D eigenvalue weighted by atomic mass is 16.6. The van der Waals surface area contributed by atoms with Crippen molar-refractivity contribution in [1.82, 2.24) is 4.90 Å². The summed E-state index contributed by atoms with van der Waals surface area (Å²) in [5.41, 5.74) is 7.88. The van der Waals surface area contributed by atoms with Gasteiger partial charge in [0.05, 0.1) is 5.76 Å². The summed E-state index contributed by atoms with van der Waals surface area (Å²) in [5, 5.41) is 0. The first-order valence-electron chi connectivity index (χ1n) is 8.51. The monoisotopic (exact) mass is 316 g/mol. The van der Waals surface area contributed by atoms with Gasteiger partial charge in [0, 0.05) is 18.8 Å². The Bertz CT molecular complexity index is 517. The van der Waals surface area contributed by atoms with Crippen LogP contribution in [0.5, 0.6) is 0 Å². The quantitative estimate of drug-likeness (QED) is 0.482. The first-order chi connectivity index (χ1) is 11.0. The minimum Gasteiger partial charge on any atom is -0.416 e. The maximum Gasteiger partial charge on any atom is 0.414 e. The molecule has 0 atom stereocenters. The standard InChI is InChI=1S/C19H28N2O2/c1-15(2)23-19(22)21-13-11-17(12-14-21)6-4-3-5-16-7-9-18(20)10-8-16/h7-10,17H,1,3-6,11-14,20H2,2H3. The van der Waals surface area contributed by atoms with Crippen LogP contribution in [-0.4, -0.2) is 24.1 Å². The van der Waals surface area contributed by atoms with E-state index in [1.165, 1.54) is 24.8 Å². The van der Waals surface area contributed by atoms with Crippen molar-refractivity contribution in [2.45, 2.75) is 45.4 Å². The molecule has 1 fully saturated rings. The molecule has 0 saturated carbocycles. The van der Waals surface area contributed by atoms with Crippen molar-refractivity contribution in [3.05, 3.63) is 42.2 Å². The summed E-state index contributed by atoms with van der Waals surface area (Å²) in [7, 11) is 0. The first-order valence-corrected chi connectivity index (χ1v) is 8.51. The Hall–Kier alpha value is -1.97. The number of carbonyl (C=O) groups excluding carboxylic acids is 1. The van der Waals surface area contributed by atoms with Gasteiger partial charge in [-0.1, -0.05) is 31.6 Å². The fourth-order valence-corrected chi connectivity index (χ4v) is 3.06. The smallest absolute Gasteiger partial charge is 0.414 e. The van der Waals surface area contributed by atoms with Crippen LogP contribution in [0.4, 0.5) is 10.5 Å². The third-order valence-corrected chi connectivity index (χ3v) is 4.44. The fourth-order valence-electron chi connectivity index (χ4n) is 3.06. The Balaban J connectivity index is 1.60. The lowest BCUT2D eigenvalue weighted by molar-refractivity contribution is 0.109. The fraction of sp³-hybridized carbons (Fsp3) is 0.526. The number of allylic oxidation sites excluding steroid dienone is 1. The van der Waals surface area contributed by atoms with E-state index in [0.717, 1.165) is 44.0 Å². The number of hydrogen-bond acceptors (Lipinski definition) is 3.